The van der Waals surface area contributed by atoms with Gasteiger partial charge in [-0.2, -0.15) is 0 Å². The molecule has 10 nitrogen and oxygen atoms in total. The van der Waals surface area contributed by atoms with Crippen molar-refractivity contribution in [2.45, 2.75) is 103 Å². The van der Waals surface area contributed by atoms with E-state index in [2.05, 4.69) is 6.92 Å². The molecule has 51 heavy (non-hydrogen) atoms. The number of carboxylic acid groups (broad SMARTS) is 1. The van der Waals surface area contributed by atoms with Crippen LogP contribution in [0, 0.1) is 0 Å². The third-order valence-electron chi connectivity index (χ3n) is 8.41. The summed E-state index contributed by atoms with van der Waals surface area (Å²) in [4.78, 5) is 48.2. The van der Waals surface area contributed by atoms with Gasteiger partial charge in [0.15, 0.2) is 0 Å². The van der Waals surface area contributed by atoms with Crippen LogP contribution in [0.3, 0.4) is 0 Å². The Balaban J connectivity index is 1.23. The summed E-state index contributed by atoms with van der Waals surface area (Å²) in [6, 6.07) is 16.2. The van der Waals surface area contributed by atoms with E-state index in [0.717, 1.165) is 89.0 Å². The van der Waals surface area contributed by atoms with Gasteiger partial charge in [0, 0.05) is 23.9 Å². The van der Waals surface area contributed by atoms with Gasteiger partial charge in [-0.1, -0.05) is 83.3 Å². The molecule has 0 spiro atoms. The number of nitrogens with two attached hydrogens (primary N) is 2. The minimum Gasteiger partial charge on any atom is -0.478 e. The van der Waals surface area contributed by atoms with Crippen LogP contribution in [0.25, 0.3) is 6.08 Å². The number of hydrogen-bond donors (Lipinski definition) is 3. The highest BCUT2D eigenvalue weighted by Gasteiger charge is 2.14. The van der Waals surface area contributed by atoms with Crippen molar-refractivity contribution in [3.63, 3.8) is 0 Å². The number of ether oxygens (including phenoxy) is 3. The van der Waals surface area contributed by atoms with E-state index >= 15 is 0 Å². The van der Waals surface area contributed by atoms with Crippen molar-refractivity contribution >= 4 is 41.3 Å². The fourth-order valence-corrected chi connectivity index (χ4v) is 5.58. The monoisotopic (exact) mass is 700 g/mol. The summed E-state index contributed by atoms with van der Waals surface area (Å²) in [5.74, 6) is -1.50. The highest BCUT2D eigenvalue weighted by Crippen LogP contribution is 2.24. The third kappa shape index (κ3) is 15.5. The zero-order valence-corrected chi connectivity index (χ0v) is 29.7. The van der Waals surface area contributed by atoms with Gasteiger partial charge in [0.25, 0.3) is 0 Å². The maximum absolute atomic E-state index is 12.4. The predicted molar refractivity (Wildman–Crippen MR) is 200 cm³/mol. The van der Waals surface area contributed by atoms with E-state index in [4.69, 9.17) is 25.7 Å². The average Bonchev–Trinajstić information content (AvgIpc) is 3.11. The van der Waals surface area contributed by atoms with Crippen LogP contribution in [0.1, 0.15) is 129 Å². The molecular formula is C41H52N2O8. The summed E-state index contributed by atoms with van der Waals surface area (Å²) in [5.41, 5.74) is 14.6. The quantitative estimate of drug-likeness (QED) is 0.0285. The zero-order chi connectivity index (χ0) is 36.8. The van der Waals surface area contributed by atoms with Gasteiger partial charge in [0.2, 0.25) is 0 Å². The van der Waals surface area contributed by atoms with Gasteiger partial charge in [-0.25, -0.2) is 14.4 Å². The highest BCUT2D eigenvalue weighted by atomic mass is 16.5. The van der Waals surface area contributed by atoms with E-state index in [-0.39, 0.29) is 17.5 Å². The minimum atomic E-state index is -1.00. The SMILES string of the molecule is CCCCCCC(=O)Oc1ccc(OC(=O)/C=C/c2ccc(C(=O)OCCCCCCCCCCCc3c(N)cc(N)cc3C(=O)O)cc2)cc1. The van der Waals surface area contributed by atoms with E-state index in [9.17, 15) is 24.3 Å². The average molecular weight is 701 g/mol. The number of rotatable bonds is 23. The molecule has 0 aliphatic heterocycles. The standard InChI is InChI=1S/C41H52N2O8/c1-2-3-4-13-16-38(44)50-33-22-24-34(25-23-33)51-39(45)26-19-30-17-20-31(21-18-30)41(48)49-27-14-11-9-7-5-6-8-10-12-15-35-36(40(46)47)28-32(42)29-37(35)43/h17-26,28-29H,2-16,27,42-43H2,1H3,(H,46,47)/b26-19+. The number of unbranched alkanes of at least 4 members (excludes halogenated alkanes) is 11. The molecule has 3 rings (SSSR count). The fraction of sp³-hybridized carbons (Fsp3) is 0.415. The van der Waals surface area contributed by atoms with Crippen LogP contribution in [0.4, 0.5) is 11.4 Å². The number of aromatic carboxylic acids is 1. The normalized spacial score (nSPS) is 11.0. The molecule has 0 bridgehead atoms. The molecule has 0 amide bonds. The van der Waals surface area contributed by atoms with Crippen molar-refractivity contribution in [3.8, 4) is 11.5 Å². The van der Waals surface area contributed by atoms with Gasteiger partial charge in [-0.3, -0.25) is 4.79 Å². The van der Waals surface area contributed by atoms with E-state index in [1.54, 1.807) is 60.7 Å². The molecule has 0 heterocycles. The highest BCUT2D eigenvalue weighted by molar-refractivity contribution is 5.93. The van der Waals surface area contributed by atoms with E-state index in [1.165, 1.54) is 12.1 Å². The van der Waals surface area contributed by atoms with Crippen LogP contribution in [0.5, 0.6) is 11.5 Å². The number of esters is 3. The minimum absolute atomic E-state index is 0.191. The van der Waals surface area contributed by atoms with Gasteiger partial charge in [-0.05, 0) is 91.4 Å². The number of carboxylic acids is 1. The fourth-order valence-electron chi connectivity index (χ4n) is 5.58. The lowest BCUT2D eigenvalue weighted by molar-refractivity contribution is -0.134. The molecule has 0 saturated carbocycles. The van der Waals surface area contributed by atoms with Gasteiger partial charge >= 0.3 is 23.9 Å². The Hall–Kier alpha value is -5.12. The van der Waals surface area contributed by atoms with Crippen LogP contribution in [0.2, 0.25) is 0 Å². The lowest BCUT2D eigenvalue weighted by Crippen LogP contribution is -2.08. The second-order valence-electron chi connectivity index (χ2n) is 12.6. The lowest BCUT2D eigenvalue weighted by Gasteiger charge is -2.11. The molecule has 0 aliphatic rings. The first-order chi connectivity index (χ1) is 24.7. The molecule has 10 heteroatoms. The molecule has 0 radical (unpaired) electrons. The molecule has 0 unspecified atom stereocenters. The Bertz CT molecular complexity index is 1580. The Morgan fingerprint density at radius 3 is 1.92 bits per heavy atom. The van der Waals surface area contributed by atoms with Crippen molar-refractivity contribution in [1.29, 1.82) is 0 Å². The Morgan fingerprint density at radius 1 is 0.706 bits per heavy atom. The lowest BCUT2D eigenvalue weighted by atomic mass is 9.98. The largest absolute Gasteiger partial charge is 0.478 e. The number of carbonyl (C=O) groups excluding carboxylic acids is 3. The first-order valence-electron chi connectivity index (χ1n) is 18.0. The smallest absolute Gasteiger partial charge is 0.338 e. The molecule has 0 aromatic heterocycles. The number of hydrogen-bond acceptors (Lipinski definition) is 9. The van der Waals surface area contributed by atoms with Crippen LogP contribution in [-0.2, 0) is 20.7 Å². The molecular weight excluding hydrogens is 648 g/mol. The Kier molecular flexibility index (Phi) is 17.8. The summed E-state index contributed by atoms with van der Waals surface area (Å²) >= 11 is 0. The molecule has 0 aliphatic carbocycles. The van der Waals surface area contributed by atoms with Crippen LogP contribution < -0.4 is 20.9 Å². The van der Waals surface area contributed by atoms with Gasteiger partial charge < -0.3 is 30.8 Å². The number of nitrogen functional groups attached to an aromatic ring is 2. The van der Waals surface area contributed by atoms with Gasteiger partial charge in [-0.15, -0.1) is 0 Å². The van der Waals surface area contributed by atoms with E-state index in [1.807, 2.05) is 0 Å². The summed E-state index contributed by atoms with van der Waals surface area (Å²) in [6.45, 7) is 2.48. The summed E-state index contributed by atoms with van der Waals surface area (Å²) in [6.07, 6.45) is 17.1. The second kappa shape index (κ2) is 22.6. The Morgan fingerprint density at radius 2 is 1.29 bits per heavy atom. The van der Waals surface area contributed by atoms with Gasteiger partial charge in [0.1, 0.15) is 11.5 Å². The topological polar surface area (TPSA) is 168 Å². The molecule has 3 aromatic rings. The first-order valence-corrected chi connectivity index (χ1v) is 18.0. The van der Waals surface area contributed by atoms with Gasteiger partial charge in [0.05, 0.1) is 17.7 Å². The Labute approximate surface area is 301 Å². The second-order valence-corrected chi connectivity index (χ2v) is 12.6. The van der Waals surface area contributed by atoms with Crippen molar-refractivity contribution in [2.75, 3.05) is 18.1 Å². The van der Waals surface area contributed by atoms with E-state index in [0.29, 0.717) is 53.4 Å². The first kappa shape index (κ1) is 40.3. The van der Waals surface area contributed by atoms with Crippen molar-refractivity contribution in [3.05, 3.63) is 89.0 Å². The maximum Gasteiger partial charge on any atom is 0.338 e. The molecule has 5 N–H and O–H groups in total. The molecule has 274 valence electrons. The van der Waals surface area contributed by atoms with Crippen LogP contribution in [-0.4, -0.2) is 35.6 Å². The number of benzene rings is 3. The maximum atomic E-state index is 12.4. The number of anilines is 2. The summed E-state index contributed by atoms with van der Waals surface area (Å²) in [5, 5.41) is 9.42. The summed E-state index contributed by atoms with van der Waals surface area (Å²) in [7, 11) is 0. The van der Waals surface area contributed by atoms with Crippen molar-refractivity contribution in [1.82, 2.24) is 0 Å². The number of carbonyl (C=O) groups is 4. The molecule has 0 atom stereocenters. The molecule has 3 aromatic carbocycles. The predicted octanol–water partition coefficient (Wildman–Crippen LogP) is 8.95. The van der Waals surface area contributed by atoms with E-state index < -0.39 is 11.9 Å². The van der Waals surface area contributed by atoms with Crippen molar-refractivity contribution < 1.29 is 38.5 Å². The summed E-state index contributed by atoms with van der Waals surface area (Å²) < 4.78 is 16.1. The third-order valence-corrected chi connectivity index (χ3v) is 8.41. The molecule has 0 fully saturated rings. The molecule has 0 saturated heterocycles. The van der Waals surface area contributed by atoms with Crippen LogP contribution in [0.15, 0.2) is 66.7 Å². The van der Waals surface area contributed by atoms with Crippen molar-refractivity contribution in [2.24, 2.45) is 0 Å². The van der Waals surface area contributed by atoms with Crippen LogP contribution >= 0.6 is 0 Å². The zero-order valence-electron chi connectivity index (χ0n) is 29.7.